The van der Waals surface area contributed by atoms with Gasteiger partial charge in [-0.3, -0.25) is 0 Å². The van der Waals surface area contributed by atoms with Gasteiger partial charge in [-0.15, -0.1) is 0 Å². The second-order valence-electron chi connectivity index (χ2n) is 4.02. The minimum Gasteiger partial charge on any atom is -0.300 e. The molecule has 2 heterocycles. The first-order valence-electron chi connectivity index (χ1n) is 4.51. The van der Waals surface area contributed by atoms with Crippen molar-refractivity contribution in [2.24, 2.45) is 5.92 Å². The van der Waals surface area contributed by atoms with E-state index in [9.17, 15) is 0 Å². The number of hydrogen-bond donors (Lipinski definition) is 0. The third-order valence-electron chi connectivity index (χ3n) is 3.51. The number of rotatable bonds is 0. The van der Waals surface area contributed by atoms with Gasteiger partial charge in [0.1, 0.15) is 0 Å². The summed E-state index contributed by atoms with van der Waals surface area (Å²) in [4.78, 5) is 2.61. The van der Waals surface area contributed by atoms with Crippen LogP contribution in [0.1, 0.15) is 32.6 Å². The van der Waals surface area contributed by atoms with Crippen LogP contribution in [0.15, 0.2) is 0 Å². The highest BCUT2D eigenvalue weighted by atomic mass is 15.2. The molecule has 2 aliphatic heterocycles. The fraction of sp³-hybridized carbons (Fsp3) is 1.00. The van der Waals surface area contributed by atoms with Gasteiger partial charge in [0.2, 0.25) is 0 Å². The highest BCUT2D eigenvalue weighted by Gasteiger charge is 2.37. The molecule has 2 rings (SSSR count). The van der Waals surface area contributed by atoms with Gasteiger partial charge in [0.25, 0.3) is 0 Å². The fourth-order valence-corrected chi connectivity index (χ4v) is 2.72. The molecule has 58 valence electrons. The molecule has 0 amide bonds. The Morgan fingerprint density at radius 3 is 2.50 bits per heavy atom. The molecule has 2 saturated heterocycles. The van der Waals surface area contributed by atoms with E-state index in [2.05, 4.69) is 18.9 Å². The molecule has 0 saturated carbocycles. The van der Waals surface area contributed by atoms with E-state index in [0.717, 1.165) is 18.0 Å². The summed E-state index contributed by atoms with van der Waals surface area (Å²) in [7, 11) is 2.30. The van der Waals surface area contributed by atoms with Crippen LogP contribution in [-0.2, 0) is 0 Å². The Kier molecular flexibility index (Phi) is 1.48. The summed E-state index contributed by atoms with van der Waals surface area (Å²) in [6.45, 7) is 2.41. The van der Waals surface area contributed by atoms with Crippen LogP contribution in [0.25, 0.3) is 0 Å². The predicted molar refractivity (Wildman–Crippen MR) is 43.0 cm³/mol. The van der Waals surface area contributed by atoms with Crippen LogP contribution in [0.2, 0.25) is 0 Å². The average molecular weight is 139 g/mol. The fourth-order valence-electron chi connectivity index (χ4n) is 2.72. The van der Waals surface area contributed by atoms with E-state index in [1.807, 2.05) is 0 Å². The van der Waals surface area contributed by atoms with Gasteiger partial charge < -0.3 is 4.90 Å². The lowest BCUT2D eigenvalue weighted by molar-refractivity contribution is 0.130. The van der Waals surface area contributed by atoms with Crippen LogP contribution in [0.5, 0.6) is 0 Å². The molecule has 0 aromatic rings. The lowest BCUT2D eigenvalue weighted by Crippen LogP contribution is -2.40. The molecule has 0 aliphatic carbocycles. The van der Waals surface area contributed by atoms with Crippen molar-refractivity contribution >= 4 is 0 Å². The Morgan fingerprint density at radius 1 is 1.10 bits per heavy atom. The van der Waals surface area contributed by atoms with E-state index in [1.54, 1.807) is 0 Å². The molecule has 0 aromatic heterocycles. The van der Waals surface area contributed by atoms with Crippen molar-refractivity contribution in [1.29, 1.82) is 0 Å². The smallest absolute Gasteiger partial charge is 0.0121 e. The standard InChI is InChI=1S/C9H17N/c1-7-3-4-8-5-6-9(7)10(8)2/h7-9H,3-6H2,1-2H3/t7-,8?,9?/m1/s1. The van der Waals surface area contributed by atoms with Crippen LogP contribution in [0.3, 0.4) is 0 Å². The Balaban J connectivity index is 2.13. The highest BCUT2D eigenvalue weighted by molar-refractivity contribution is 4.92. The molecule has 0 spiro atoms. The normalized spacial score (nSPS) is 48.0. The van der Waals surface area contributed by atoms with Gasteiger partial charge in [-0.2, -0.15) is 0 Å². The SMILES string of the molecule is C[C@@H]1CCC2CCC1N2C. The summed E-state index contributed by atoms with van der Waals surface area (Å²) in [5.41, 5.74) is 0. The molecule has 0 aromatic carbocycles. The van der Waals surface area contributed by atoms with Crippen LogP contribution in [-0.4, -0.2) is 24.0 Å². The predicted octanol–water partition coefficient (Wildman–Crippen LogP) is 1.88. The third kappa shape index (κ3) is 0.800. The van der Waals surface area contributed by atoms with Crippen LogP contribution < -0.4 is 0 Å². The summed E-state index contributed by atoms with van der Waals surface area (Å²) in [6, 6.07) is 1.87. The van der Waals surface area contributed by atoms with Crippen molar-refractivity contribution in [3.05, 3.63) is 0 Å². The van der Waals surface area contributed by atoms with Crippen LogP contribution >= 0.6 is 0 Å². The second kappa shape index (κ2) is 2.23. The largest absolute Gasteiger partial charge is 0.300 e. The minimum atomic E-state index is 0.929. The van der Waals surface area contributed by atoms with Crippen molar-refractivity contribution in [3.63, 3.8) is 0 Å². The van der Waals surface area contributed by atoms with Gasteiger partial charge >= 0.3 is 0 Å². The van der Waals surface area contributed by atoms with Crippen LogP contribution in [0, 0.1) is 5.92 Å². The monoisotopic (exact) mass is 139 g/mol. The van der Waals surface area contributed by atoms with E-state index < -0.39 is 0 Å². The first-order valence-corrected chi connectivity index (χ1v) is 4.51. The maximum atomic E-state index is 2.61. The Labute approximate surface area is 63.4 Å². The highest BCUT2D eigenvalue weighted by Crippen LogP contribution is 2.37. The molecule has 2 fully saturated rings. The maximum Gasteiger partial charge on any atom is 0.0121 e. The van der Waals surface area contributed by atoms with Gasteiger partial charge in [0, 0.05) is 12.1 Å². The molecular formula is C9H17N. The zero-order chi connectivity index (χ0) is 7.14. The van der Waals surface area contributed by atoms with E-state index in [-0.39, 0.29) is 0 Å². The Hall–Kier alpha value is -0.0400. The van der Waals surface area contributed by atoms with Crippen molar-refractivity contribution < 1.29 is 0 Å². The van der Waals surface area contributed by atoms with Gasteiger partial charge in [0.05, 0.1) is 0 Å². The number of piperidine rings is 1. The molecule has 0 radical (unpaired) electrons. The number of fused-ring (bicyclic) bond motifs is 2. The summed E-state index contributed by atoms with van der Waals surface area (Å²) in [6.07, 6.45) is 5.85. The molecular weight excluding hydrogens is 122 g/mol. The van der Waals surface area contributed by atoms with Crippen LogP contribution in [0.4, 0.5) is 0 Å². The quantitative estimate of drug-likeness (QED) is 0.495. The second-order valence-corrected chi connectivity index (χ2v) is 4.02. The lowest BCUT2D eigenvalue weighted by Gasteiger charge is -2.35. The molecule has 2 aliphatic rings. The molecule has 1 heteroatoms. The summed E-state index contributed by atoms with van der Waals surface area (Å²) < 4.78 is 0. The van der Waals surface area contributed by atoms with Gasteiger partial charge in [-0.05, 0) is 38.6 Å². The van der Waals surface area contributed by atoms with E-state index in [0.29, 0.717) is 0 Å². The minimum absolute atomic E-state index is 0.929. The maximum absolute atomic E-state index is 2.61. The van der Waals surface area contributed by atoms with Gasteiger partial charge in [0.15, 0.2) is 0 Å². The molecule has 2 bridgehead atoms. The van der Waals surface area contributed by atoms with Gasteiger partial charge in [-0.1, -0.05) is 6.92 Å². The first-order chi connectivity index (χ1) is 4.79. The third-order valence-corrected chi connectivity index (χ3v) is 3.51. The zero-order valence-electron chi connectivity index (χ0n) is 7.01. The lowest BCUT2D eigenvalue weighted by atomic mass is 9.93. The van der Waals surface area contributed by atoms with Crippen molar-refractivity contribution in [2.75, 3.05) is 7.05 Å². The number of nitrogens with zero attached hydrogens (tertiary/aromatic N) is 1. The summed E-state index contributed by atoms with van der Waals surface area (Å²) in [5.74, 6) is 0.962. The topological polar surface area (TPSA) is 3.24 Å². The zero-order valence-corrected chi connectivity index (χ0v) is 7.01. The Bertz CT molecular complexity index is 133. The molecule has 1 nitrogen and oxygen atoms in total. The Morgan fingerprint density at radius 2 is 1.80 bits per heavy atom. The van der Waals surface area contributed by atoms with Gasteiger partial charge in [-0.25, -0.2) is 0 Å². The van der Waals surface area contributed by atoms with E-state index in [1.165, 1.54) is 25.7 Å². The summed E-state index contributed by atoms with van der Waals surface area (Å²) in [5, 5.41) is 0. The number of hydrogen-bond acceptors (Lipinski definition) is 1. The molecule has 10 heavy (non-hydrogen) atoms. The molecule has 2 unspecified atom stereocenters. The van der Waals surface area contributed by atoms with E-state index >= 15 is 0 Å². The molecule has 3 atom stereocenters. The van der Waals surface area contributed by atoms with Crippen molar-refractivity contribution in [2.45, 2.75) is 44.7 Å². The van der Waals surface area contributed by atoms with E-state index in [4.69, 9.17) is 0 Å². The summed E-state index contributed by atoms with van der Waals surface area (Å²) >= 11 is 0. The van der Waals surface area contributed by atoms with Crippen molar-refractivity contribution in [3.8, 4) is 0 Å². The molecule has 0 N–H and O–H groups in total. The van der Waals surface area contributed by atoms with Crippen molar-refractivity contribution in [1.82, 2.24) is 4.90 Å². The first kappa shape index (κ1) is 6.66. The average Bonchev–Trinajstić information content (AvgIpc) is 2.13.